The average Bonchev–Trinajstić information content (AvgIpc) is 1.09. The monoisotopic (exact) mass is 2000 g/mol. The Bertz CT molecular complexity index is 8190. The summed E-state index contributed by atoms with van der Waals surface area (Å²) in [4.78, 5) is 45.7. The minimum Gasteiger partial charge on any atom is -0.497 e. The van der Waals surface area contributed by atoms with Crippen molar-refractivity contribution in [2.24, 2.45) is 33.9 Å². The van der Waals surface area contributed by atoms with Crippen LogP contribution in [-0.2, 0) is 28.2 Å². The number of methoxy groups -OCH3 is 8. The molecular weight excluding hydrogens is 1890 g/mol. The topological polar surface area (TPSA) is 383 Å². The van der Waals surface area contributed by atoms with E-state index in [2.05, 4.69) is 96.6 Å². The largest absolute Gasteiger partial charge is 0.497 e. The van der Waals surface area contributed by atoms with Gasteiger partial charge in [-0.15, -0.1) is 0 Å². The Morgan fingerprint density at radius 1 is 0.342 bits per heavy atom. The molecule has 0 saturated heterocycles. The number of hydrogen-bond donors (Lipinski definition) is 4. The lowest BCUT2D eigenvalue weighted by molar-refractivity contribution is -0.207. The van der Waals surface area contributed by atoms with Crippen molar-refractivity contribution < 1.29 is 56.2 Å². The molecular formula is C113H103F3N24O9. The summed E-state index contributed by atoms with van der Waals surface area (Å²) in [6.45, 7) is 2.04. The Morgan fingerprint density at radius 3 is 0.960 bits per heavy atom. The third-order valence-corrected chi connectivity index (χ3v) is 23.5. The number of nitriles is 1. The van der Waals surface area contributed by atoms with Gasteiger partial charge in [0.1, 0.15) is 46.0 Å². The summed E-state index contributed by atoms with van der Waals surface area (Å²) in [6.07, 6.45) is 14.5. The summed E-state index contributed by atoms with van der Waals surface area (Å²) < 4.78 is 90.6. The molecule has 750 valence electrons. The van der Waals surface area contributed by atoms with E-state index in [1.807, 2.05) is 246 Å². The van der Waals surface area contributed by atoms with Crippen molar-refractivity contribution in [3.8, 4) is 133 Å². The van der Waals surface area contributed by atoms with Gasteiger partial charge in [0.2, 0.25) is 0 Å². The van der Waals surface area contributed by atoms with Crippen LogP contribution in [0.5, 0.6) is 46.0 Å². The molecule has 8 aromatic heterocycles. The molecule has 0 aliphatic rings. The minimum absolute atomic E-state index is 0.156. The molecule has 1 atom stereocenters. The number of halogens is 3. The zero-order valence-electron chi connectivity index (χ0n) is 83.4. The van der Waals surface area contributed by atoms with Gasteiger partial charge in [0.05, 0.1) is 210 Å². The molecule has 0 aliphatic carbocycles. The summed E-state index contributed by atoms with van der Waals surface area (Å²) in [5, 5.41) is 36.1. The van der Waals surface area contributed by atoms with Crippen LogP contribution in [0.25, 0.3) is 89.2 Å². The fourth-order valence-electron chi connectivity index (χ4n) is 16.0. The van der Waals surface area contributed by atoms with Crippen LogP contribution in [0.1, 0.15) is 40.3 Å². The zero-order chi connectivity index (χ0) is 105. The first-order valence-corrected chi connectivity index (χ1v) is 46.5. The first kappa shape index (κ1) is 103. The third-order valence-electron chi connectivity index (χ3n) is 23.5. The van der Waals surface area contributed by atoms with Gasteiger partial charge in [-0.2, -0.15) is 38.8 Å². The van der Waals surface area contributed by atoms with Gasteiger partial charge in [0.15, 0.2) is 6.10 Å². The van der Waals surface area contributed by atoms with Crippen molar-refractivity contribution in [2.45, 2.75) is 18.7 Å². The van der Waals surface area contributed by atoms with Gasteiger partial charge in [-0.25, -0.2) is 19.9 Å². The number of aliphatic hydroxyl groups is 1. The standard InChI is InChI=1S/C30H24N6O2.2C29H26N6O2.C25H27F3N6O3/c1-35-20-23(18-33-35)30-19-32-28-10-9-24(15-29(28)34-30)36(25-13-26(37-2)16-27(14-25)38-3)11-5-8-21-6-4-7-22(12-21)17-31;1-34-19-21(17-32-34)29-18-31-27-10-9-23(15-28(27)33-29)35(11-5-7-20-6-4-8-22(30)12-20)24-13-25(36-2)16-26(14-24)37-3;1-34-19-21(17-32-34)29-18-31-27-11-10-23(15-28(27)33-29)35(12-4-5-20-6-8-22(30)9-7-20)24-13-25(36-2)16-26(14-24)37-3;1-33-14-15(12-31-33)20-13-30-18-6-5-16(9-19(18)32-20)34(8-4-7-29)17-10-21(36-2)23(22(11-17)37-3)24(35)25(26,27)28/h4,6-7,9-10,12-16,18-20H,11H2,1-3H3;4,6,8-10,12-19H,11,30H2,1-3H3;6-11,13-19H,12,30H2,1-3H3;5-6,9-14,24,35H,4,7-8,29H2,1-3H3. The summed E-state index contributed by atoms with van der Waals surface area (Å²) in [5.41, 5.74) is 40.4. The van der Waals surface area contributed by atoms with E-state index in [1.165, 1.54) is 26.4 Å². The van der Waals surface area contributed by atoms with Crippen molar-refractivity contribution in [2.75, 3.05) is 121 Å². The second-order valence-electron chi connectivity index (χ2n) is 33.6. The van der Waals surface area contributed by atoms with Gasteiger partial charge < -0.3 is 79.8 Å². The number of aliphatic hydroxyl groups excluding tert-OH is 1. The minimum atomic E-state index is -4.90. The maximum atomic E-state index is 13.4. The lowest BCUT2D eigenvalue weighted by atomic mass is 10.0. The van der Waals surface area contributed by atoms with E-state index in [0.717, 1.165) is 123 Å². The Kier molecular flexibility index (Phi) is 32.6. The molecule has 1 unspecified atom stereocenters. The second-order valence-corrected chi connectivity index (χ2v) is 33.6. The van der Waals surface area contributed by atoms with Crippen molar-refractivity contribution in [1.82, 2.24) is 79.0 Å². The number of rotatable bonds is 27. The van der Waals surface area contributed by atoms with Crippen LogP contribution in [0, 0.1) is 46.9 Å². The lowest BCUT2D eigenvalue weighted by Crippen LogP contribution is -2.23. The number of nitrogens with two attached hydrogens (primary N) is 3. The second kappa shape index (κ2) is 47.3. The van der Waals surface area contributed by atoms with Crippen LogP contribution in [0.3, 0.4) is 0 Å². The fourth-order valence-corrected chi connectivity index (χ4v) is 16.0. The molecule has 0 bridgehead atoms. The van der Waals surface area contributed by atoms with Crippen molar-refractivity contribution in [3.05, 3.63) is 315 Å². The number of aromatic nitrogens is 16. The number of fused-ring (bicyclic) bond motifs is 4. The highest BCUT2D eigenvalue weighted by Gasteiger charge is 2.43. The molecule has 19 rings (SSSR count). The van der Waals surface area contributed by atoms with Crippen LogP contribution in [-0.4, -0.2) is 180 Å². The normalized spacial score (nSPS) is 11.0. The number of alkyl halides is 3. The molecule has 36 heteroatoms. The molecule has 33 nitrogen and oxygen atoms in total. The predicted molar refractivity (Wildman–Crippen MR) is 571 cm³/mol. The third kappa shape index (κ3) is 25.5. The molecule has 7 N–H and O–H groups in total. The first-order valence-electron chi connectivity index (χ1n) is 46.5. The summed E-state index contributed by atoms with van der Waals surface area (Å²) in [6, 6.07) is 67.9. The number of ether oxygens (including phenoxy) is 8. The van der Waals surface area contributed by atoms with E-state index in [1.54, 1.807) is 123 Å². The Hall–Kier alpha value is -19.3. The first-order chi connectivity index (χ1) is 72.2. The average molecular weight is 2000 g/mol. The van der Waals surface area contributed by atoms with Gasteiger partial charge in [0, 0.05) is 222 Å². The summed E-state index contributed by atoms with van der Waals surface area (Å²) >= 11 is 0. The Labute approximate surface area is 857 Å². The zero-order valence-corrected chi connectivity index (χ0v) is 83.4. The molecule has 19 aromatic rings. The highest BCUT2D eigenvalue weighted by Crippen LogP contribution is 2.47. The quantitative estimate of drug-likeness (QED) is 0.0274. The number of hydrogen-bond acceptors (Lipinski definition) is 29. The predicted octanol–water partition coefficient (Wildman–Crippen LogP) is 18.9. The number of benzene rings is 11. The highest BCUT2D eigenvalue weighted by atomic mass is 19.4. The van der Waals surface area contributed by atoms with Crippen molar-refractivity contribution in [1.29, 1.82) is 5.26 Å². The van der Waals surface area contributed by atoms with E-state index in [0.29, 0.717) is 119 Å². The molecule has 8 heterocycles. The van der Waals surface area contributed by atoms with Gasteiger partial charge in [-0.05, 0) is 146 Å². The number of nitrogen functional groups attached to an aromatic ring is 2. The smallest absolute Gasteiger partial charge is 0.418 e. The van der Waals surface area contributed by atoms with Gasteiger partial charge in [-0.1, -0.05) is 47.7 Å². The Balaban J connectivity index is 0.000000142. The molecule has 149 heavy (non-hydrogen) atoms. The SMILES string of the molecule is COc1cc(N(CCCN)c2ccc3ncc(-c4cnn(C)c4)nc3c2)cc(OC)c1C(O)C(F)(F)F.COc1cc(OC)cc(N(CC#Cc2ccc(N)cc2)c2ccc3ncc(-c4cnn(C)c4)nc3c2)c1.COc1cc(OC)cc(N(CC#Cc2cccc(C#N)c2)c2ccc3ncc(-c4cnn(C)c4)nc3c2)c1.COc1cc(OC)cc(N(CC#Cc2cccc(N)c2)c2ccc3ncc(-c4cnn(C)c4)nc3c2)c1. The van der Waals surface area contributed by atoms with E-state index in [4.69, 9.17) is 75.0 Å². The summed E-state index contributed by atoms with van der Waals surface area (Å²) in [5.74, 6) is 23.2. The number of nitrogens with zero attached hydrogens (tertiary/aromatic N) is 21. The number of anilines is 10. The van der Waals surface area contributed by atoms with E-state index >= 15 is 0 Å². The van der Waals surface area contributed by atoms with Gasteiger partial charge in [-0.3, -0.25) is 38.7 Å². The lowest BCUT2D eigenvalue weighted by Gasteiger charge is -2.28. The highest BCUT2D eigenvalue weighted by molar-refractivity contribution is 5.88. The van der Waals surface area contributed by atoms with Gasteiger partial charge in [0.25, 0.3) is 0 Å². The van der Waals surface area contributed by atoms with Gasteiger partial charge >= 0.3 is 6.18 Å². The van der Waals surface area contributed by atoms with Crippen LogP contribution in [0.15, 0.2) is 287 Å². The maximum absolute atomic E-state index is 13.4. The molecule has 0 radical (unpaired) electrons. The van der Waals surface area contributed by atoms with E-state index in [9.17, 15) is 23.5 Å². The molecule has 0 aliphatic heterocycles. The van der Waals surface area contributed by atoms with Crippen LogP contribution in [0.2, 0.25) is 0 Å². The van der Waals surface area contributed by atoms with E-state index < -0.39 is 17.8 Å². The fraction of sp³-hybridized carbons (Fsp3) is 0.177. The molecule has 0 amide bonds. The van der Waals surface area contributed by atoms with Crippen LogP contribution < -0.4 is 74.7 Å². The van der Waals surface area contributed by atoms with E-state index in [-0.39, 0.29) is 11.5 Å². The molecule has 0 fully saturated rings. The van der Waals surface area contributed by atoms with Crippen LogP contribution >= 0.6 is 0 Å². The van der Waals surface area contributed by atoms with Crippen molar-refractivity contribution >= 4 is 101 Å². The molecule has 11 aromatic carbocycles. The summed E-state index contributed by atoms with van der Waals surface area (Å²) in [7, 11) is 19.7. The Morgan fingerprint density at radius 2 is 0.658 bits per heavy atom. The maximum Gasteiger partial charge on any atom is 0.418 e. The van der Waals surface area contributed by atoms with Crippen molar-refractivity contribution in [3.63, 3.8) is 0 Å². The van der Waals surface area contributed by atoms with Crippen LogP contribution in [0.4, 0.5) is 70.0 Å². The molecule has 0 saturated carbocycles. The number of aryl methyl sites for hydroxylation is 4. The molecule has 0 spiro atoms.